The number of rotatable bonds is 4. The fourth-order valence-electron chi connectivity index (χ4n) is 1.68. The molecular weight excluding hydrogens is 229 g/mol. The molecule has 1 atom stereocenters. The summed E-state index contributed by atoms with van der Waals surface area (Å²) in [5.74, 6) is -0.369. The van der Waals surface area contributed by atoms with Gasteiger partial charge in [-0.3, -0.25) is 0 Å². The molecule has 2 nitrogen and oxygen atoms in total. The van der Waals surface area contributed by atoms with Crippen molar-refractivity contribution in [1.29, 1.82) is 0 Å². The Morgan fingerprint density at radius 2 is 1.94 bits per heavy atom. The van der Waals surface area contributed by atoms with Gasteiger partial charge in [0, 0.05) is 18.8 Å². The van der Waals surface area contributed by atoms with E-state index in [1.165, 1.54) is 11.0 Å². The molecule has 0 fully saturated rings. The summed E-state index contributed by atoms with van der Waals surface area (Å²) in [6.07, 6.45) is -2.44. The van der Waals surface area contributed by atoms with Crippen molar-refractivity contribution >= 4 is 5.69 Å². The van der Waals surface area contributed by atoms with Crippen molar-refractivity contribution in [2.45, 2.75) is 26.3 Å². The Bertz CT molecular complexity index is 392. The topological polar surface area (TPSA) is 29.3 Å². The normalized spacial score (nSPS) is 12.9. The van der Waals surface area contributed by atoms with Crippen molar-refractivity contribution in [2.24, 2.45) is 5.73 Å². The molecule has 5 heteroatoms. The van der Waals surface area contributed by atoms with Gasteiger partial charge in [0.25, 0.3) is 6.43 Å². The summed E-state index contributed by atoms with van der Waals surface area (Å²) in [5.41, 5.74) is 7.24. The molecule has 0 unspecified atom stereocenters. The number of nitrogens with two attached hydrogens (primary N) is 1. The first-order chi connectivity index (χ1) is 7.82. The van der Waals surface area contributed by atoms with E-state index < -0.39 is 19.0 Å². The van der Waals surface area contributed by atoms with Crippen LogP contribution in [-0.2, 0) is 0 Å². The van der Waals surface area contributed by atoms with Gasteiger partial charge in [-0.25, -0.2) is 13.2 Å². The van der Waals surface area contributed by atoms with Crippen LogP contribution in [0, 0.1) is 12.7 Å². The van der Waals surface area contributed by atoms with Crippen LogP contribution in [0.25, 0.3) is 0 Å². The quantitative estimate of drug-likeness (QED) is 0.885. The number of anilines is 1. The molecule has 0 aliphatic heterocycles. The van der Waals surface area contributed by atoms with Gasteiger partial charge in [-0.15, -0.1) is 0 Å². The zero-order valence-electron chi connectivity index (χ0n) is 10.2. The highest BCUT2D eigenvalue weighted by atomic mass is 19.3. The molecule has 0 amide bonds. The molecule has 0 aromatic heterocycles. The summed E-state index contributed by atoms with van der Waals surface area (Å²) in [6, 6.07) is 2.47. The van der Waals surface area contributed by atoms with Gasteiger partial charge in [-0.2, -0.15) is 0 Å². The highest BCUT2D eigenvalue weighted by molar-refractivity contribution is 5.56. The monoisotopic (exact) mass is 246 g/mol. The second kappa shape index (κ2) is 5.40. The maximum Gasteiger partial charge on any atom is 0.255 e. The van der Waals surface area contributed by atoms with Crippen LogP contribution in [0.1, 0.15) is 24.1 Å². The van der Waals surface area contributed by atoms with Gasteiger partial charge in [0.1, 0.15) is 5.82 Å². The second-order valence-corrected chi connectivity index (χ2v) is 4.22. The van der Waals surface area contributed by atoms with Gasteiger partial charge in [0.05, 0.1) is 6.54 Å². The highest BCUT2D eigenvalue weighted by Crippen LogP contribution is 2.28. The summed E-state index contributed by atoms with van der Waals surface area (Å²) in [5, 5.41) is 0. The fraction of sp³-hybridized carbons (Fsp3) is 0.500. The van der Waals surface area contributed by atoms with Crippen molar-refractivity contribution < 1.29 is 13.2 Å². The second-order valence-electron chi connectivity index (χ2n) is 4.22. The molecule has 0 aliphatic rings. The van der Waals surface area contributed by atoms with Crippen molar-refractivity contribution in [1.82, 2.24) is 0 Å². The zero-order valence-corrected chi connectivity index (χ0v) is 10.2. The first kappa shape index (κ1) is 13.8. The molecule has 17 heavy (non-hydrogen) atoms. The first-order valence-electron chi connectivity index (χ1n) is 5.37. The van der Waals surface area contributed by atoms with Crippen molar-refractivity contribution in [3.05, 3.63) is 29.1 Å². The highest BCUT2D eigenvalue weighted by Gasteiger charge is 2.16. The lowest BCUT2D eigenvalue weighted by Crippen LogP contribution is -2.26. The van der Waals surface area contributed by atoms with E-state index in [9.17, 15) is 13.2 Å². The number of nitrogens with zero attached hydrogens (tertiary/aromatic N) is 1. The molecule has 0 radical (unpaired) electrons. The molecule has 0 saturated heterocycles. The lowest BCUT2D eigenvalue weighted by atomic mass is 10.0. The van der Waals surface area contributed by atoms with Crippen LogP contribution in [0.4, 0.5) is 18.9 Å². The Morgan fingerprint density at radius 1 is 1.35 bits per heavy atom. The molecule has 1 aromatic rings. The van der Waals surface area contributed by atoms with Gasteiger partial charge in [0.15, 0.2) is 0 Å². The average Bonchev–Trinajstić information content (AvgIpc) is 2.19. The molecule has 0 aliphatic carbocycles. The number of halogens is 3. The minimum atomic E-state index is -2.44. The van der Waals surface area contributed by atoms with Gasteiger partial charge >= 0.3 is 0 Å². The summed E-state index contributed by atoms with van der Waals surface area (Å²) in [6.45, 7) is 2.90. The molecule has 0 bridgehead atoms. The Hall–Kier alpha value is -1.23. The standard InChI is InChI=1S/C12H17F3N2/c1-7-4-11(17(3)6-12(14)15)9(8(2)16)5-10(7)13/h4-5,8,12H,6,16H2,1-3H3/t8-/m0/s1. The molecule has 96 valence electrons. The van der Waals surface area contributed by atoms with E-state index in [0.717, 1.165) is 0 Å². The van der Waals surface area contributed by atoms with Crippen LogP contribution >= 0.6 is 0 Å². The van der Waals surface area contributed by atoms with Crippen LogP contribution in [0.5, 0.6) is 0 Å². The lowest BCUT2D eigenvalue weighted by Gasteiger charge is -2.24. The third-order valence-electron chi connectivity index (χ3n) is 2.62. The number of hydrogen-bond acceptors (Lipinski definition) is 2. The largest absolute Gasteiger partial charge is 0.369 e. The Balaban J connectivity index is 3.16. The van der Waals surface area contributed by atoms with Crippen LogP contribution in [-0.4, -0.2) is 20.0 Å². The summed E-state index contributed by atoms with van der Waals surface area (Å²) < 4.78 is 38.1. The molecular formula is C12H17F3N2. The van der Waals surface area contributed by atoms with E-state index in [1.807, 2.05) is 0 Å². The first-order valence-corrected chi connectivity index (χ1v) is 5.37. The Kier molecular flexibility index (Phi) is 4.40. The Labute approximate surface area is 99.2 Å². The molecule has 1 rings (SSSR count). The number of benzene rings is 1. The fourth-order valence-corrected chi connectivity index (χ4v) is 1.68. The van der Waals surface area contributed by atoms with E-state index in [2.05, 4.69) is 0 Å². The lowest BCUT2D eigenvalue weighted by molar-refractivity contribution is 0.156. The number of hydrogen-bond donors (Lipinski definition) is 1. The summed E-state index contributed by atoms with van der Waals surface area (Å²) in [4.78, 5) is 1.40. The molecule has 2 N–H and O–H groups in total. The Morgan fingerprint density at radius 3 is 2.41 bits per heavy atom. The van der Waals surface area contributed by atoms with Crippen LogP contribution in [0.3, 0.4) is 0 Å². The third kappa shape index (κ3) is 3.36. The van der Waals surface area contributed by atoms with E-state index in [-0.39, 0.29) is 5.82 Å². The van der Waals surface area contributed by atoms with E-state index in [1.54, 1.807) is 27.0 Å². The minimum Gasteiger partial charge on any atom is -0.369 e. The molecule has 1 aromatic carbocycles. The predicted octanol–water partition coefficient (Wildman–Crippen LogP) is 2.86. The van der Waals surface area contributed by atoms with Crippen LogP contribution in [0.15, 0.2) is 12.1 Å². The van der Waals surface area contributed by atoms with Crippen molar-refractivity contribution in [2.75, 3.05) is 18.5 Å². The van der Waals surface area contributed by atoms with Gasteiger partial charge in [-0.05, 0) is 37.1 Å². The van der Waals surface area contributed by atoms with Crippen molar-refractivity contribution in [3.63, 3.8) is 0 Å². The molecule has 0 heterocycles. The smallest absolute Gasteiger partial charge is 0.255 e. The van der Waals surface area contributed by atoms with E-state index in [4.69, 9.17) is 5.73 Å². The van der Waals surface area contributed by atoms with Gasteiger partial charge in [-0.1, -0.05) is 0 Å². The summed E-state index contributed by atoms with van der Waals surface area (Å²) >= 11 is 0. The van der Waals surface area contributed by atoms with E-state index >= 15 is 0 Å². The average molecular weight is 246 g/mol. The predicted molar refractivity (Wildman–Crippen MR) is 63.0 cm³/mol. The zero-order chi connectivity index (χ0) is 13.2. The molecule has 0 saturated carbocycles. The van der Waals surface area contributed by atoms with E-state index in [0.29, 0.717) is 16.8 Å². The SMILES string of the molecule is Cc1cc(N(C)CC(F)F)c([C@H](C)N)cc1F. The van der Waals surface area contributed by atoms with Crippen LogP contribution in [0.2, 0.25) is 0 Å². The van der Waals surface area contributed by atoms with Gasteiger partial charge < -0.3 is 10.6 Å². The maximum atomic E-state index is 13.4. The third-order valence-corrected chi connectivity index (χ3v) is 2.62. The molecule has 0 spiro atoms. The number of aryl methyl sites for hydroxylation is 1. The van der Waals surface area contributed by atoms with Crippen molar-refractivity contribution in [3.8, 4) is 0 Å². The number of alkyl halides is 2. The summed E-state index contributed by atoms with van der Waals surface area (Å²) in [7, 11) is 1.55. The van der Waals surface area contributed by atoms with Crippen LogP contribution < -0.4 is 10.6 Å². The van der Waals surface area contributed by atoms with Gasteiger partial charge in [0.2, 0.25) is 0 Å². The maximum absolute atomic E-state index is 13.4. The minimum absolute atomic E-state index is 0.369.